The molecule has 0 saturated heterocycles. The number of hydrogen-bond donors (Lipinski definition) is 1. The molecule has 1 N–H and O–H groups in total. The molecule has 0 bridgehead atoms. The normalized spacial score (nSPS) is 18.0. The van der Waals surface area contributed by atoms with Gasteiger partial charge in [-0.25, -0.2) is 0 Å². The Labute approximate surface area is 103 Å². The highest BCUT2D eigenvalue weighted by molar-refractivity contribution is 6.07. The summed E-state index contributed by atoms with van der Waals surface area (Å²) in [6.07, 6.45) is 0. The fourth-order valence-electron chi connectivity index (χ4n) is 2.21. The predicted octanol–water partition coefficient (Wildman–Crippen LogP) is 2.98. The first-order valence-corrected chi connectivity index (χ1v) is 6.03. The maximum Gasteiger partial charge on any atom is 0.251 e. The molecule has 1 aliphatic rings. The summed E-state index contributed by atoms with van der Waals surface area (Å²) in [5.41, 5.74) is 2.73. The Morgan fingerprint density at radius 3 is 2.53 bits per heavy atom. The van der Waals surface area contributed by atoms with E-state index >= 15 is 0 Å². The summed E-state index contributed by atoms with van der Waals surface area (Å²) in [6, 6.07) is 6.28. The van der Waals surface area contributed by atoms with Crippen LogP contribution < -0.4 is 10.2 Å². The van der Waals surface area contributed by atoms with Crippen LogP contribution in [0.1, 0.15) is 39.2 Å². The minimum atomic E-state index is -0.527. The Bertz CT molecular complexity index is 463. The number of nitrogens with zero attached hydrogens (tertiary/aromatic N) is 1. The number of likely N-dealkylation sites (N-methyl/N-ethyl adjacent to an activating group) is 1. The topological polar surface area (TPSA) is 32.3 Å². The second-order valence-electron chi connectivity index (χ2n) is 5.55. The smallest absolute Gasteiger partial charge is 0.251 e. The van der Waals surface area contributed by atoms with E-state index in [0.29, 0.717) is 5.92 Å². The van der Waals surface area contributed by atoms with Gasteiger partial charge in [0.25, 0.3) is 5.91 Å². The summed E-state index contributed by atoms with van der Waals surface area (Å²) < 4.78 is 0. The van der Waals surface area contributed by atoms with Crippen LogP contribution in [0, 0.1) is 0 Å². The Morgan fingerprint density at radius 2 is 1.94 bits per heavy atom. The van der Waals surface area contributed by atoms with E-state index in [9.17, 15) is 4.79 Å². The number of carbonyl (C=O) groups is 1. The zero-order valence-electron chi connectivity index (χ0n) is 11.2. The summed E-state index contributed by atoms with van der Waals surface area (Å²) in [7, 11) is 1.84. The Morgan fingerprint density at radius 1 is 1.29 bits per heavy atom. The predicted molar refractivity (Wildman–Crippen MR) is 71.6 cm³/mol. The van der Waals surface area contributed by atoms with Crippen LogP contribution in [-0.2, 0) is 4.79 Å². The molecule has 0 saturated carbocycles. The number of benzene rings is 1. The molecule has 1 aliphatic heterocycles. The van der Waals surface area contributed by atoms with E-state index in [4.69, 9.17) is 0 Å². The molecule has 17 heavy (non-hydrogen) atoms. The second kappa shape index (κ2) is 3.76. The van der Waals surface area contributed by atoms with Crippen LogP contribution in [0.25, 0.3) is 0 Å². The first-order chi connectivity index (χ1) is 7.83. The number of fused-ring (bicyclic) bond motifs is 1. The minimum absolute atomic E-state index is 0.103. The molecule has 0 aliphatic carbocycles. The van der Waals surface area contributed by atoms with Gasteiger partial charge in [0.1, 0.15) is 5.54 Å². The van der Waals surface area contributed by atoms with Gasteiger partial charge < -0.3 is 10.2 Å². The van der Waals surface area contributed by atoms with Gasteiger partial charge in [-0.15, -0.1) is 0 Å². The number of amides is 1. The number of nitrogens with one attached hydrogen (secondary N) is 1. The number of carbonyl (C=O) groups excluding carboxylic acids is 1. The van der Waals surface area contributed by atoms with Gasteiger partial charge >= 0.3 is 0 Å². The molecule has 1 amide bonds. The Kier molecular flexibility index (Phi) is 2.64. The fourth-order valence-corrected chi connectivity index (χ4v) is 2.21. The van der Waals surface area contributed by atoms with E-state index in [-0.39, 0.29) is 5.91 Å². The summed E-state index contributed by atoms with van der Waals surface area (Å²) in [5.74, 6) is 0.574. The Hall–Kier alpha value is -1.51. The Balaban J connectivity index is 2.50. The third-order valence-corrected chi connectivity index (χ3v) is 3.34. The van der Waals surface area contributed by atoms with Crippen LogP contribution in [0.3, 0.4) is 0 Å². The van der Waals surface area contributed by atoms with Crippen LogP contribution >= 0.6 is 0 Å². The zero-order valence-corrected chi connectivity index (χ0v) is 11.2. The molecule has 2 rings (SSSR count). The lowest BCUT2D eigenvalue weighted by Gasteiger charge is -2.38. The molecule has 0 spiro atoms. The third-order valence-electron chi connectivity index (χ3n) is 3.34. The van der Waals surface area contributed by atoms with Gasteiger partial charge in [-0.1, -0.05) is 19.9 Å². The molecule has 0 fully saturated rings. The monoisotopic (exact) mass is 232 g/mol. The lowest BCUT2D eigenvalue weighted by atomic mass is 9.95. The lowest BCUT2D eigenvalue weighted by molar-refractivity contribution is -0.121. The number of rotatable bonds is 1. The highest BCUT2D eigenvalue weighted by Crippen LogP contribution is 2.36. The molecule has 0 aromatic heterocycles. The van der Waals surface area contributed by atoms with Gasteiger partial charge in [-0.2, -0.15) is 0 Å². The van der Waals surface area contributed by atoms with Gasteiger partial charge in [0.05, 0.1) is 11.4 Å². The summed E-state index contributed by atoms with van der Waals surface area (Å²) in [5, 5.41) is 3.29. The van der Waals surface area contributed by atoms with Crippen molar-refractivity contribution in [2.75, 3.05) is 17.3 Å². The van der Waals surface area contributed by atoms with Crippen molar-refractivity contribution in [3.8, 4) is 0 Å². The van der Waals surface area contributed by atoms with E-state index in [2.05, 4.69) is 37.4 Å². The molecule has 3 nitrogen and oxygen atoms in total. The van der Waals surface area contributed by atoms with Crippen molar-refractivity contribution in [3.63, 3.8) is 0 Å². The largest absolute Gasteiger partial charge is 0.370 e. The average Bonchev–Trinajstić information content (AvgIpc) is 2.25. The molecular formula is C14H20N2O. The van der Waals surface area contributed by atoms with Gasteiger partial charge in [0, 0.05) is 7.05 Å². The number of anilines is 2. The fraction of sp³-hybridized carbons (Fsp3) is 0.500. The van der Waals surface area contributed by atoms with Crippen molar-refractivity contribution in [3.05, 3.63) is 23.8 Å². The van der Waals surface area contributed by atoms with Crippen LogP contribution in [0.4, 0.5) is 11.4 Å². The van der Waals surface area contributed by atoms with Gasteiger partial charge in [-0.05, 0) is 37.5 Å². The molecule has 1 aromatic rings. The van der Waals surface area contributed by atoms with E-state index < -0.39 is 5.54 Å². The standard InChI is InChI=1S/C14H20N2O/c1-9(2)10-6-7-11-12(8-10)16(5)13(17)14(3,4)15-11/h6-9,15H,1-5H3. The van der Waals surface area contributed by atoms with Crippen LogP contribution in [0.2, 0.25) is 0 Å². The summed E-state index contributed by atoms with van der Waals surface area (Å²) >= 11 is 0. The quantitative estimate of drug-likeness (QED) is 0.807. The van der Waals surface area contributed by atoms with Crippen LogP contribution in [0.15, 0.2) is 18.2 Å². The van der Waals surface area contributed by atoms with Gasteiger partial charge in [0.15, 0.2) is 0 Å². The second-order valence-corrected chi connectivity index (χ2v) is 5.55. The zero-order chi connectivity index (χ0) is 12.8. The maximum absolute atomic E-state index is 12.2. The van der Waals surface area contributed by atoms with Gasteiger partial charge in [0.2, 0.25) is 0 Å². The summed E-state index contributed by atoms with van der Waals surface area (Å²) in [4.78, 5) is 13.9. The highest BCUT2D eigenvalue weighted by Gasteiger charge is 2.36. The minimum Gasteiger partial charge on any atom is -0.370 e. The van der Waals surface area contributed by atoms with E-state index in [1.165, 1.54) is 5.56 Å². The van der Waals surface area contributed by atoms with Crippen molar-refractivity contribution in [1.29, 1.82) is 0 Å². The molecule has 92 valence electrons. The van der Waals surface area contributed by atoms with Crippen molar-refractivity contribution in [2.24, 2.45) is 0 Å². The maximum atomic E-state index is 12.2. The van der Waals surface area contributed by atoms with Crippen molar-refractivity contribution in [2.45, 2.75) is 39.2 Å². The van der Waals surface area contributed by atoms with Crippen molar-refractivity contribution < 1.29 is 4.79 Å². The van der Waals surface area contributed by atoms with Crippen LogP contribution in [-0.4, -0.2) is 18.5 Å². The van der Waals surface area contributed by atoms with E-state index in [1.807, 2.05) is 20.9 Å². The SMILES string of the molecule is CC(C)c1ccc2c(c1)N(C)C(=O)C(C)(C)N2. The molecule has 0 atom stereocenters. The average molecular weight is 232 g/mol. The van der Waals surface area contributed by atoms with E-state index in [0.717, 1.165) is 11.4 Å². The summed E-state index contributed by atoms with van der Waals surface area (Å²) in [6.45, 7) is 8.13. The first-order valence-electron chi connectivity index (χ1n) is 6.03. The first kappa shape index (κ1) is 12.0. The molecule has 0 unspecified atom stereocenters. The van der Waals surface area contributed by atoms with Crippen molar-refractivity contribution in [1.82, 2.24) is 0 Å². The lowest BCUT2D eigenvalue weighted by Crippen LogP contribution is -2.52. The number of hydrogen-bond acceptors (Lipinski definition) is 2. The molecule has 1 aromatic carbocycles. The van der Waals surface area contributed by atoms with Crippen molar-refractivity contribution >= 4 is 17.3 Å². The van der Waals surface area contributed by atoms with Gasteiger partial charge in [-0.3, -0.25) is 4.79 Å². The molecule has 1 heterocycles. The molecule has 3 heteroatoms. The van der Waals surface area contributed by atoms with E-state index in [1.54, 1.807) is 4.90 Å². The highest BCUT2D eigenvalue weighted by atomic mass is 16.2. The third kappa shape index (κ3) is 1.90. The molecule has 0 radical (unpaired) electrons. The van der Waals surface area contributed by atoms with Crippen LogP contribution in [0.5, 0.6) is 0 Å². The molecular weight excluding hydrogens is 212 g/mol.